The zero-order chi connectivity index (χ0) is 13.0. The van der Waals surface area contributed by atoms with Crippen molar-refractivity contribution in [3.63, 3.8) is 0 Å². The second-order valence-corrected chi connectivity index (χ2v) is 5.32. The molecule has 0 radical (unpaired) electrons. The fourth-order valence-corrected chi connectivity index (χ4v) is 2.61. The minimum absolute atomic E-state index is 0.287. The van der Waals surface area contributed by atoms with Crippen molar-refractivity contribution >= 4 is 0 Å². The van der Waals surface area contributed by atoms with Crippen LogP contribution in [0.4, 0.5) is 0 Å². The van der Waals surface area contributed by atoms with E-state index >= 15 is 0 Å². The predicted molar refractivity (Wildman–Crippen MR) is 70.5 cm³/mol. The number of aromatic nitrogens is 2. The Kier molecular flexibility index (Phi) is 4.78. The highest BCUT2D eigenvalue weighted by Crippen LogP contribution is 2.18. The van der Waals surface area contributed by atoms with Crippen LogP contribution in [0.1, 0.15) is 43.5 Å². The minimum Gasteiger partial charge on any atom is -0.393 e. The number of aryl methyl sites for hydroxylation is 2. The highest BCUT2D eigenvalue weighted by Gasteiger charge is 2.16. The average molecular weight is 252 g/mol. The molecule has 2 heterocycles. The molecule has 0 spiro atoms. The van der Waals surface area contributed by atoms with Gasteiger partial charge in [0.2, 0.25) is 0 Å². The zero-order valence-electron chi connectivity index (χ0n) is 11.4. The largest absolute Gasteiger partial charge is 0.393 e. The molecule has 2 rings (SSSR count). The van der Waals surface area contributed by atoms with Gasteiger partial charge in [-0.05, 0) is 45.1 Å². The highest BCUT2D eigenvalue weighted by atomic mass is 16.5. The van der Waals surface area contributed by atoms with Crippen molar-refractivity contribution in [3.8, 4) is 0 Å². The van der Waals surface area contributed by atoms with Gasteiger partial charge in [-0.15, -0.1) is 0 Å². The Hall–Kier alpha value is -0.870. The molecule has 1 aromatic rings. The summed E-state index contributed by atoms with van der Waals surface area (Å²) in [5.41, 5.74) is 2.11. The maximum absolute atomic E-state index is 10.1. The Bertz CT molecular complexity index is 370. The molecule has 1 fully saturated rings. The van der Waals surface area contributed by atoms with Gasteiger partial charge in [-0.1, -0.05) is 0 Å². The van der Waals surface area contributed by atoms with Crippen LogP contribution in [0.5, 0.6) is 0 Å². The van der Waals surface area contributed by atoms with E-state index in [0.29, 0.717) is 12.5 Å². The predicted octanol–water partition coefficient (Wildman–Crippen LogP) is 1.98. The van der Waals surface area contributed by atoms with Crippen molar-refractivity contribution in [1.82, 2.24) is 9.78 Å². The summed E-state index contributed by atoms with van der Waals surface area (Å²) in [5.74, 6) is 0. The first-order valence-corrected chi connectivity index (χ1v) is 6.94. The standard InChI is InChI=1S/C14H24N2O2/c1-11-9-12(16(2)15-11)10-13(17)6-7-14-5-3-4-8-18-14/h9,13-14,17H,3-8,10H2,1-2H3. The Morgan fingerprint density at radius 2 is 2.39 bits per heavy atom. The summed E-state index contributed by atoms with van der Waals surface area (Å²) >= 11 is 0. The summed E-state index contributed by atoms with van der Waals surface area (Å²) in [6.45, 7) is 2.87. The molecule has 102 valence electrons. The Morgan fingerprint density at radius 1 is 1.56 bits per heavy atom. The van der Waals surface area contributed by atoms with Crippen molar-refractivity contribution in [2.75, 3.05) is 6.61 Å². The molecule has 18 heavy (non-hydrogen) atoms. The Morgan fingerprint density at radius 3 is 3.00 bits per heavy atom. The number of aliphatic hydroxyl groups excluding tert-OH is 1. The number of aliphatic hydroxyl groups is 1. The number of nitrogens with zero attached hydrogens (tertiary/aromatic N) is 2. The quantitative estimate of drug-likeness (QED) is 0.871. The lowest BCUT2D eigenvalue weighted by Crippen LogP contribution is -2.22. The third-order valence-electron chi connectivity index (χ3n) is 3.64. The lowest BCUT2D eigenvalue weighted by atomic mass is 10.0. The van der Waals surface area contributed by atoms with Crippen LogP contribution in [0.2, 0.25) is 0 Å². The molecular formula is C14H24N2O2. The fourth-order valence-electron chi connectivity index (χ4n) is 2.61. The van der Waals surface area contributed by atoms with E-state index in [1.54, 1.807) is 0 Å². The van der Waals surface area contributed by atoms with Crippen molar-refractivity contribution in [1.29, 1.82) is 0 Å². The highest BCUT2D eigenvalue weighted by molar-refractivity contribution is 5.09. The van der Waals surface area contributed by atoms with E-state index in [-0.39, 0.29) is 6.10 Å². The number of hydrogen-bond donors (Lipinski definition) is 1. The van der Waals surface area contributed by atoms with Crippen LogP contribution in [0.25, 0.3) is 0 Å². The van der Waals surface area contributed by atoms with Gasteiger partial charge in [0.15, 0.2) is 0 Å². The van der Waals surface area contributed by atoms with Crippen LogP contribution in [0.15, 0.2) is 6.07 Å². The first-order chi connectivity index (χ1) is 8.65. The summed E-state index contributed by atoms with van der Waals surface area (Å²) in [5, 5.41) is 14.4. The SMILES string of the molecule is Cc1cc(CC(O)CCC2CCCCO2)n(C)n1. The van der Waals surface area contributed by atoms with Gasteiger partial charge in [0.1, 0.15) is 0 Å². The van der Waals surface area contributed by atoms with Gasteiger partial charge in [-0.2, -0.15) is 5.10 Å². The Labute approximate surface area is 109 Å². The van der Waals surface area contributed by atoms with Crippen molar-refractivity contribution in [2.45, 2.75) is 57.7 Å². The normalized spacial score (nSPS) is 22.1. The first kappa shape index (κ1) is 13.6. The summed E-state index contributed by atoms with van der Waals surface area (Å²) in [7, 11) is 1.93. The van der Waals surface area contributed by atoms with Gasteiger partial charge >= 0.3 is 0 Å². The summed E-state index contributed by atoms with van der Waals surface area (Å²) in [6.07, 6.45) is 6.15. The van der Waals surface area contributed by atoms with Crippen molar-refractivity contribution in [3.05, 3.63) is 17.5 Å². The molecule has 0 amide bonds. The van der Waals surface area contributed by atoms with E-state index in [1.807, 2.05) is 24.7 Å². The van der Waals surface area contributed by atoms with Crippen molar-refractivity contribution < 1.29 is 9.84 Å². The Balaban J connectivity index is 1.74. The second-order valence-electron chi connectivity index (χ2n) is 5.32. The zero-order valence-corrected chi connectivity index (χ0v) is 11.4. The molecule has 2 unspecified atom stereocenters. The molecular weight excluding hydrogens is 228 g/mol. The van der Waals surface area contributed by atoms with Gasteiger partial charge in [0.25, 0.3) is 0 Å². The third kappa shape index (κ3) is 3.82. The molecule has 1 aliphatic heterocycles. The number of ether oxygens (including phenoxy) is 1. The maximum atomic E-state index is 10.1. The molecule has 1 aliphatic rings. The lowest BCUT2D eigenvalue weighted by Gasteiger charge is -2.23. The minimum atomic E-state index is -0.287. The van der Waals surface area contributed by atoms with E-state index in [1.165, 1.54) is 12.8 Å². The fraction of sp³-hybridized carbons (Fsp3) is 0.786. The van der Waals surface area contributed by atoms with Gasteiger partial charge in [0.05, 0.1) is 17.9 Å². The van der Waals surface area contributed by atoms with Crippen LogP contribution >= 0.6 is 0 Å². The molecule has 4 heteroatoms. The smallest absolute Gasteiger partial charge is 0.0596 e. The third-order valence-corrected chi connectivity index (χ3v) is 3.64. The van der Waals surface area contributed by atoms with Crippen LogP contribution in [0.3, 0.4) is 0 Å². The summed E-state index contributed by atoms with van der Waals surface area (Å²) in [4.78, 5) is 0. The second kappa shape index (κ2) is 6.34. The molecule has 0 saturated carbocycles. The molecule has 1 saturated heterocycles. The van der Waals surface area contributed by atoms with E-state index < -0.39 is 0 Å². The van der Waals surface area contributed by atoms with E-state index in [0.717, 1.165) is 37.3 Å². The van der Waals surface area contributed by atoms with E-state index in [4.69, 9.17) is 4.74 Å². The van der Waals surface area contributed by atoms with Crippen molar-refractivity contribution in [2.24, 2.45) is 7.05 Å². The van der Waals surface area contributed by atoms with Gasteiger partial charge in [0, 0.05) is 25.8 Å². The van der Waals surface area contributed by atoms with Crippen LogP contribution in [-0.2, 0) is 18.2 Å². The monoisotopic (exact) mass is 252 g/mol. The van der Waals surface area contributed by atoms with Gasteiger partial charge in [-0.3, -0.25) is 4.68 Å². The first-order valence-electron chi connectivity index (χ1n) is 6.94. The van der Waals surface area contributed by atoms with E-state index in [2.05, 4.69) is 5.10 Å². The van der Waals surface area contributed by atoms with Crippen LogP contribution < -0.4 is 0 Å². The molecule has 1 aromatic heterocycles. The average Bonchev–Trinajstić information content (AvgIpc) is 2.67. The number of rotatable bonds is 5. The van der Waals surface area contributed by atoms with E-state index in [9.17, 15) is 5.11 Å². The summed E-state index contributed by atoms with van der Waals surface area (Å²) in [6, 6.07) is 2.04. The molecule has 4 nitrogen and oxygen atoms in total. The van der Waals surface area contributed by atoms with Gasteiger partial charge in [-0.25, -0.2) is 0 Å². The maximum Gasteiger partial charge on any atom is 0.0596 e. The van der Waals surface area contributed by atoms with Crippen LogP contribution in [-0.4, -0.2) is 33.7 Å². The molecule has 2 atom stereocenters. The number of hydrogen-bond acceptors (Lipinski definition) is 3. The molecule has 0 bridgehead atoms. The molecule has 1 N–H and O–H groups in total. The summed E-state index contributed by atoms with van der Waals surface area (Å²) < 4.78 is 7.53. The molecule has 0 aromatic carbocycles. The lowest BCUT2D eigenvalue weighted by molar-refractivity contribution is 0.00223. The molecule has 0 aliphatic carbocycles. The van der Waals surface area contributed by atoms with Crippen LogP contribution in [0, 0.1) is 6.92 Å². The topological polar surface area (TPSA) is 47.3 Å². The van der Waals surface area contributed by atoms with Gasteiger partial charge < -0.3 is 9.84 Å².